The summed E-state index contributed by atoms with van der Waals surface area (Å²) in [7, 11) is 0. The van der Waals surface area contributed by atoms with Crippen LogP contribution in [0.3, 0.4) is 0 Å². The maximum Gasteiger partial charge on any atom is 0.110 e. The second-order valence-corrected chi connectivity index (χ2v) is 4.21. The minimum Gasteiger partial charge on any atom is -0.0760 e. The van der Waals surface area contributed by atoms with Crippen LogP contribution in [0.2, 0.25) is 0 Å². The average Bonchev–Trinajstić information content (AvgIpc) is 2.67. The van der Waals surface area contributed by atoms with Gasteiger partial charge in [-0.05, 0) is 29.6 Å². The van der Waals surface area contributed by atoms with E-state index in [1.807, 2.05) is 18.2 Å². The van der Waals surface area contributed by atoms with Crippen molar-refractivity contribution in [3.63, 3.8) is 0 Å². The first-order valence-corrected chi connectivity index (χ1v) is 5.35. The predicted molar refractivity (Wildman–Crippen MR) is 62.4 cm³/mol. The molecule has 0 amide bonds. The highest BCUT2D eigenvalue weighted by Crippen LogP contribution is 2.37. The zero-order chi connectivity index (χ0) is 9.97. The van der Waals surface area contributed by atoms with Gasteiger partial charge in [0.15, 0.2) is 0 Å². The first-order valence-electron chi connectivity index (χ1n) is 4.59. The molecule has 0 saturated heterocycles. The summed E-state index contributed by atoms with van der Waals surface area (Å²) in [6.45, 7) is 0. The second-order valence-electron chi connectivity index (χ2n) is 3.26. The van der Waals surface area contributed by atoms with Crippen LogP contribution in [0.4, 0.5) is 0 Å². The largest absolute Gasteiger partial charge is 0.110 e. The molecule has 72 valence electrons. The normalized spacial score (nSPS) is 15.6. The second kappa shape index (κ2) is 4.20. The third kappa shape index (κ3) is 1.87. The lowest BCUT2D eigenvalue weighted by Crippen LogP contribution is -1.84. The van der Waals surface area contributed by atoms with Crippen molar-refractivity contribution in [3.05, 3.63) is 52.0 Å². The minimum absolute atomic E-state index is 0.401. The van der Waals surface area contributed by atoms with Crippen LogP contribution in [0.5, 0.6) is 0 Å². The molecule has 0 saturated carbocycles. The van der Waals surface area contributed by atoms with Crippen LogP contribution >= 0.6 is 23.2 Å². The highest BCUT2D eigenvalue weighted by Gasteiger charge is 2.15. The number of allylic oxidation sites excluding steroid dienone is 3. The average molecular weight is 225 g/mol. The van der Waals surface area contributed by atoms with Gasteiger partial charge >= 0.3 is 0 Å². The zero-order valence-electron chi connectivity index (χ0n) is 7.63. The van der Waals surface area contributed by atoms with Gasteiger partial charge < -0.3 is 0 Å². The lowest BCUT2D eigenvalue weighted by atomic mass is 10.0. The topological polar surface area (TPSA) is 0 Å². The van der Waals surface area contributed by atoms with Crippen molar-refractivity contribution in [1.29, 1.82) is 0 Å². The van der Waals surface area contributed by atoms with Gasteiger partial charge in [-0.25, -0.2) is 0 Å². The van der Waals surface area contributed by atoms with E-state index in [0.29, 0.717) is 4.49 Å². The van der Waals surface area contributed by atoms with Crippen molar-refractivity contribution in [2.75, 3.05) is 0 Å². The van der Waals surface area contributed by atoms with E-state index in [1.54, 1.807) is 0 Å². The Kier molecular flexibility index (Phi) is 2.95. The molecule has 1 aliphatic rings. The Balaban J connectivity index is 2.41. The Morgan fingerprint density at radius 1 is 1.07 bits per heavy atom. The third-order valence-electron chi connectivity index (χ3n) is 2.38. The molecule has 0 N–H and O–H groups in total. The van der Waals surface area contributed by atoms with E-state index >= 15 is 0 Å². The monoisotopic (exact) mass is 224 g/mol. The van der Waals surface area contributed by atoms with Gasteiger partial charge in [0.1, 0.15) is 4.49 Å². The predicted octanol–water partition coefficient (Wildman–Crippen LogP) is 4.55. The van der Waals surface area contributed by atoms with E-state index in [-0.39, 0.29) is 0 Å². The molecule has 0 atom stereocenters. The Hall–Kier alpha value is -0.720. The quantitative estimate of drug-likeness (QED) is 0.657. The molecule has 0 heterocycles. The van der Waals surface area contributed by atoms with Crippen molar-refractivity contribution in [1.82, 2.24) is 0 Å². The van der Waals surface area contributed by atoms with Crippen LogP contribution in [-0.2, 0) is 0 Å². The van der Waals surface area contributed by atoms with Gasteiger partial charge in [-0.3, -0.25) is 0 Å². The van der Waals surface area contributed by atoms with E-state index < -0.39 is 0 Å². The van der Waals surface area contributed by atoms with Crippen LogP contribution < -0.4 is 0 Å². The van der Waals surface area contributed by atoms with Gasteiger partial charge in [0, 0.05) is 0 Å². The molecule has 0 bridgehead atoms. The maximum absolute atomic E-state index is 5.83. The molecule has 0 aromatic heterocycles. The molecule has 1 aliphatic carbocycles. The number of hydrogen-bond donors (Lipinski definition) is 0. The first-order chi connectivity index (χ1) is 6.79. The summed E-state index contributed by atoms with van der Waals surface area (Å²) in [4.78, 5) is 0. The molecular weight excluding hydrogens is 215 g/mol. The van der Waals surface area contributed by atoms with E-state index in [1.165, 1.54) is 11.1 Å². The van der Waals surface area contributed by atoms with Gasteiger partial charge in [0.05, 0.1) is 0 Å². The fourth-order valence-corrected chi connectivity index (χ4v) is 2.12. The Labute approximate surface area is 93.8 Å². The summed E-state index contributed by atoms with van der Waals surface area (Å²) in [5, 5.41) is 0. The fraction of sp³-hybridized carbons (Fsp3) is 0.167. The Morgan fingerprint density at radius 2 is 1.79 bits per heavy atom. The lowest BCUT2D eigenvalue weighted by molar-refractivity contribution is 1.06. The highest BCUT2D eigenvalue weighted by molar-refractivity contribution is 6.56. The summed E-state index contributed by atoms with van der Waals surface area (Å²) in [5.41, 5.74) is 3.45. The van der Waals surface area contributed by atoms with Crippen molar-refractivity contribution >= 4 is 28.8 Å². The zero-order valence-corrected chi connectivity index (χ0v) is 9.15. The Bertz CT molecular complexity index is 384. The molecule has 0 nitrogen and oxygen atoms in total. The molecule has 2 heteroatoms. The number of benzene rings is 1. The van der Waals surface area contributed by atoms with Crippen LogP contribution in [-0.4, -0.2) is 0 Å². The van der Waals surface area contributed by atoms with Gasteiger partial charge in [0.2, 0.25) is 0 Å². The first kappa shape index (κ1) is 9.82. The smallest absolute Gasteiger partial charge is 0.0760 e. The van der Waals surface area contributed by atoms with E-state index in [9.17, 15) is 0 Å². The molecule has 1 aromatic carbocycles. The lowest BCUT2D eigenvalue weighted by Gasteiger charge is -2.05. The van der Waals surface area contributed by atoms with Gasteiger partial charge in [0.25, 0.3) is 0 Å². The molecule has 0 unspecified atom stereocenters. The third-order valence-corrected chi connectivity index (χ3v) is 2.84. The standard InChI is InChI=1S/C12H10Cl2/c13-12(14)11-8-4-7-10(11)9-5-2-1-3-6-9/h1-3,5-7H,4,8H2. The van der Waals surface area contributed by atoms with Crippen molar-refractivity contribution in [2.45, 2.75) is 12.8 Å². The van der Waals surface area contributed by atoms with Crippen molar-refractivity contribution in [3.8, 4) is 0 Å². The molecule has 2 rings (SSSR count). The number of hydrogen-bond acceptors (Lipinski definition) is 0. The van der Waals surface area contributed by atoms with Crippen molar-refractivity contribution < 1.29 is 0 Å². The van der Waals surface area contributed by atoms with Crippen LogP contribution in [0.15, 0.2) is 46.5 Å². The van der Waals surface area contributed by atoms with Crippen LogP contribution in [0.1, 0.15) is 18.4 Å². The van der Waals surface area contributed by atoms with E-state index in [4.69, 9.17) is 23.2 Å². The molecule has 14 heavy (non-hydrogen) atoms. The summed E-state index contributed by atoms with van der Waals surface area (Å²) in [6, 6.07) is 10.2. The SMILES string of the molecule is ClC(Cl)=C1CCC=C1c1ccccc1. The summed E-state index contributed by atoms with van der Waals surface area (Å²) in [6.07, 6.45) is 4.17. The Morgan fingerprint density at radius 3 is 2.43 bits per heavy atom. The number of rotatable bonds is 1. The molecule has 1 aromatic rings. The number of halogens is 2. The summed E-state index contributed by atoms with van der Waals surface area (Å²) < 4.78 is 0.401. The molecule has 0 spiro atoms. The highest BCUT2D eigenvalue weighted by atomic mass is 35.5. The fourth-order valence-electron chi connectivity index (χ4n) is 1.72. The van der Waals surface area contributed by atoms with Gasteiger partial charge in [-0.2, -0.15) is 0 Å². The summed E-state index contributed by atoms with van der Waals surface area (Å²) >= 11 is 11.7. The van der Waals surface area contributed by atoms with E-state index in [0.717, 1.165) is 18.4 Å². The molecule has 0 radical (unpaired) electrons. The molecule has 0 aliphatic heterocycles. The van der Waals surface area contributed by atoms with E-state index in [2.05, 4.69) is 18.2 Å². The molecule has 0 fully saturated rings. The van der Waals surface area contributed by atoms with Gasteiger partial charge in [-0.1, -0.05) is 59.6 Å². The van der Waals surface area contributed by atoms with Gasteiger partial charge in [-0.15, -0.1) is 0 Å². The van der Waals surface area contributed by atoms with Crippen molar-refractivity contribution in [2.24, 2.45) is 0 Å². The summed E-state index contributed by atoms with van der Waals surface area (Å²) in [5.74, 6) is 0. The van der Waals surface area contributed by atoms with Crippen LogP contribution in [0.25, 0.3) is 5.57 Å². The maximum atomic E-state index is 5.83. The minimum atomic E-state index is 0.401. The molecular formula is C12H10Cl2. The van der Waals surface area contributed by atoms with Crippen LogP contribution in [0, 0.1) is 0 Å².